The molecular formula is C18H21FN2. The lowest BCUT2D eigenvalue weighted by Crippen LogP contribution is -2.34. The van der Waals surface area contributed by atoms with Crippen LogP contribution in [0.15, 0.2) is 48.5 Å². The summed E-state index contributed by atoms with van der Waals surface area (Å²) in [5.41, 5.74) is 3.64. The minimum absolute atomic E-state index is 0.160. The highest BCUT2D eigenvalue weighted by Crippen LogP contribution is 2.39. The SMILES string of the molecule is CN(C)c1ccccc1NC1CC(c2ccc(F)cc2)C1. The Morgan fingerprint density at radius 1 is 1.00 bits per heavy atom. The third-order valence-corrected chi connectivity index (χ3v) is 4.22. The van der Waals surface area contributed by atoms with Crippen LogP contribution in [0.2, 0.25) is 0 Å². The van der Waals surface area contributed by atoms with Crippen molar-refractivity contribution in [3.63, 3.8) is 0 Å². The summed E-state index contributed by atoms with van der Waals surface area (Å²) < 4.78 is 12.9. The molecule has 0 aliphatic heterocycles. The lowest BCUT2D eigenvalue weighted by molar-refractivity contribution is 0.374. The van der Waals surface area contributed by atoms with Gasteiger partial charge in [0.1, 0.15) is 5.82 Å². The standard InChI is InChI=1S/C18H21FN2/c1-21(2)18-6-4-3-5-17(18)20-16-11-14(12-16)13-7-9-15(19)10-8-13/h3-10,14,16,20H,11-12H2,1-2H3. The van der Waals surface area contributed by atoms with Gasteiger partial charge in [0.05, 0.1) is 11.4 Å². The van der Waals surface area contributed by atoms with E-state index in [0.717, 1.165) is 12.8 Å². The fraction of sp³-hybridized carbons (Fsp3) is 0.333. The zero-order valence-electron chi connectivity index (χ0n) is 12.5. The summed E-state index contributed by atoms with van der Waals surface area (Å²) in [6.45, 7) is 0. The fourth-order valence-corrected chi connectivity index (χ4v) is 2.95. The Balaban J connectivity index is 1.61. The van der Waals surface area contributed by atoms with Crippen LogP contribution in [0, 0.1) is 5.82 Å². The molecule has 2 nitrogen and oxygen atoms in total. The summed E-state index contributed by atoms with van der Waals surface area (Å²) in [6, 6.07) is 15.8. The molecule has 0 heterocycles. The molecule has 0 radical (unpaired) electrons. The zero-order chi connectivity index (χ0) is 14.8. The maximum Gasteiger partial charge on any atom is 0.123 e. The molecule has 21 heavy (non-hydrogen) atoms. The molecule has 2 aromatic carbocycles. The summed E-state index contributed by atoms with van der Waals surface area (Å²) in [5.74, 6) is 0.391. The van der Waals surface area contributed by atoms with Gasteiger partial charge in [0.25, 0.3) is 0 Å². The van der Waals surface area contributed by atoms with E-state index < -0.39 is 0 Å². The Labute approximate surface area is 125 Å². The number of hydrogen-bond acceptors (Lipinski definition) is 2. The van der Waals surface area contributed by atoms with E-state index in [-0.39, 0.29) is 5.82 Å². The number of halogens is 1. The maximum atomic E-state index is 12.9. The molecule has 110 valence electrons. The van der Waals surface area contributed by atoms with E-state index in [1.165, 1.54) is 16.9 Å². The van der Waals surface area contributed by atoms with Gasteiger partial charge in [-0.2, -0.15) is 0 Å². The molecule has 3 rings (SSSR count). The van der Waals surface area contributed by atoms with Crippen molar-refractivity contribution in [2.75, 3.05) is 24.3 Å². The van der Waals surface area contributed by atoms with Gasteiger partial charge >= 0.3 is 0 Å². The second-order valence-corrected chi connectivity index (χ2v) is 5.97. The molecule has 1 saturated carbocycles. The first-order valence-corrected chi connectivity index (χ1v) is 7.42. The van der Waals surface area contributed by atoms with E-state index in [1.807, 2.05) is 12.1 Å². The van der Waals surface area contributed by atoms with E-state index in [1.54, 1.807) is 12.1 Å². The van der Waals surface area contributed by atoms with Crippen LogP contribution in [0.1, 0.15) is 24.3 Å². The Morgan fingerprint density at radius 2 is 1.67 bits per heavy atom. The van der Waals surface area contributed by atoms with Gasteiger partial charge in [0.2, 0.25) is 0 Å². The van der Waals surface area contributed by atoms with Crippen LogP contribution < -0.4 is 10.2 Å². The summed E-state index contributed by atoms with van der Waals surface area (Å²) >= 11 is 0. The van der Waals surface area contributed by atoms with Crippen LogP contribution in [0.25, 0.3) is 0 Å². The highest BCUT2D eigenvalue weighted by Gasteiger charge is 2.30. The molecule has 0 atom stereocenters. The normalized spacial score (nSPS) is 20.7. The Morgan fingerprint density at radius 3 is 2.33 bits per heavy atom. The van der Waals surface area contributed by atoms with Crippen molar-refractivity contribution >= 4 is 11.4 Å². The van der Waals surface area contributed by atoms with Gasteiger partial charge < -0.3 is 10.2 Å². The number of anilines is 2. The average Bonchev–Trinajstić information content (AvgIpc) is 2.44. The molecule has 0 aromatic heterocycles. The summed E-state index contributed by atoms with van der Waals surface area (Å²) in [6.07, 6.45) is 2.21. The van der Waals surface area contributed by atoms with Gasteiger partial charge in [-0.1, -0.05) is 24.3 Å². The number of nitrogens with one attached hydrogen (secondary N) is 1. The maximum absolute atomic E-state index is 12.9. The third-order valence-electron chi connectivity index (χ3n) is 4.22. The molecule has 1 fully saturated rings. The van der Waals surface area contributed by atoms with Gasteiger partial charge in [-0.05, 0) is 48.6 Å². The van der Waals surface area contributed by atoms with Crippen LogP contribution in [0.3, 0.4) is 0 Å². The first kappa shape index (κ1) is 13.9. The van der Waals surface area contributed by atoms with Crippen molar-refractivity contribution in [2.24, 2.45) is 0 Å². The molecule has 0 spiro atoms. The minimum Gasteiger partial charge on any atom is -0.381 e. The predicted molar refractivity (Wildman–Crippen MR) is 86.6 cm³/mol. The lowest BCUT2D eigenvalue weighted by atomic mass is 9.76. The first-order chi connectivity index (χ1) is 10.1. The molecule has 0 saturated heterocycles. The van der Waals surface area contributed by atoms with Crippen LogP contribution in [-0.2, 0) is 0 Å². The Kier molecular flexibility index (Phi) is 3.82. The number of nitrogens with zero attached hydrogens (tertiary/aromatic N) is 1. The minimum atomic E-state index is -0.160. The number of rotatable bonds is 4. The van der Waals surface area contributed by atoms with Gasteiger partial charge in [-0.25, -0.2) is 4.39 Å². The van der Waals surface area contributed by atoms with E-state index in [0.29, 0.717) is 12.0 Å². The molecule has 0 unspecified atom stereocenters. The molecule has 0 amide bonds. The van der Waals surface area contributed by atoms with E-state index in [9.17, 15) is 4.39 Å². The predicted octanol–water partition coefficient (Wildman–Crippen LogP) is 4.25. The average molecular weight is 284 g/mol. The molecule has 3 heteroatoms. The van der Waals surface area contributed by atoms with Crippen molar-refractivity contribution in [3.8, 4) is 0 Å². The largest absolute Gasteiger partial charge is 0.381 e. The number of hydrogen-bond donors (Lipinski definition) is 1. The van der Waals surface area contributed by atoms with Crippen molar-refractivity contribution in [2.45, 2.75) is 24.8 Å². The second kappa shape index (κ2) is 5.76. The Hall–Kier alpha value is -2.03. The lowest BCUT2D eigenvalue weighted by Gasteiger charge is -2.37. The van der Waals surface area contributed by atoms with Crippen LogP contribution in [0.4, 0.5) is 15.8 Å². The molecule has 2 aromatic rings. The topological polar surface area (TPSA) is 15.3 Å². The fourth-order valence-electron chi connectivity index (χ4n) is 2.95. The number of para-hydroxylation sites is 2. The van der Waals surface area contributed by atoms with Gasteiger partial charge in [0, 0.05) is 20.1 Å². The zero-order valence-corrected chi connectivity index (χ0v) is 12.5. The van der Waals surface area contributed by atoms with Crippen LogP contribution in [0.5, 0.6) is 0 Å². The molecule has 1 N–H and O–H groups in total. The number of benzene rings is 2. The quantitative estimate of drug-likeness (QED) is 0.903. The Bertz CT molecular complexity index is 601. The van der Waals surface area contributed by atoms with Gasteiger partial charge in [-0.15, -0.1) is 0 Å². The van der Waals surface area contributed by atoms with Crippen molar-refractivity contribution in [3.05, 3.63) is 59.9 Å². The van der Waals surface area contributed by atoms with E-state index in [4.69, 9.17) is 0 Å². The summed E-state index contributed by atoms with van der Waals surface area (Å²) in [7, 11) is 4.12. The van der Waals surface area contributed by atoms with Gasteiger partial charge in [-0.3, -0.25) is 0 Å². The smallest absolute Gasteiger partial charge is 0.123 e. The monoisotopic (exact) mass is 284 g/mol. The summed E-state index contributed by atoms with van der Waals surface area (Å²) in [5, 5.41) is 3.62. The van der Waals surface area contributed by atoms with Crippen LogP contribution >= 0.6 is 0 Å². The molecule has 1 aliphatic carbocycles. The first-order valence-electron chi connectivity index (χ1n) is 7.42. The van der Waals surface area contributed by atoms with Crippen molar-refractivity contribution in [1.82, 2.24) is 0 Å². The molecule has 0 bridgehead atoms. The van der Waals surface area contributed by atoms with Crippen molar-refractivity contribution < 1.29 is 4.39 Å². The molecule has 1 aliphatic rings. The van der Waals surface area contributed by atoms with Gasteiger partial charge in [0.15, 0.2) is 0 Å². The van der Waals surface area contributed by atoms with E-state index >= 15 is 0 Å². The highest BCUT2D eigenvalue weighted by atomic mass is 19.1. The van der Waals surface area contributed by atoms with E-state index in [2.05, 4.69) is 48.6 Å². The highest BCUT2D eigenvalue weighted by molar-refractivity contribution is 5.69. The second-order valence-electron chi connectivity index (χ2n) is 5.97. The van der Waals surface area contributed by atoms with Crippen molar-refractivity contribution in [1.29, 1.82) is 0 Å². The summed E-state index contributed by atoms with van der Waals surface area (Å²) in [4.78, 5) is 2.12. The molecular weight excluding hydrogens is 263 g/mol. The van der Waals surface area contributed by atoms with Crippen LogP contribution in [-0.4, -0.2) is 20.1 Å². The third kappa shape index (κ3) is 3.02.